The Morgan fingerprint density at radius 1 is 0.833 bits per heavy atom. The number of rotatable bonds is 2. The number of halogens is 5. The maximum Gasteiger partial charge on any atom is 0.200 e. The van der Waals surface area contributed by atoms with Crippen molar-refractivity contribution in [2.24, 2.45) is 5.73 Å². The summed E-state index contributed by atoms with van der Waals surface area (Å²) >= 11 is 0. The smallest absolute Gasteiger partial charge is 0.200 e. The summed E-state index contributed by atoms with van der Waals surface area (Å²) in [7, 11) is 0. The van der Waals surface area contributed by atoms with Crippen LogP contribution < -0.4 is 5.73 Å². The largest absolute Gasteiger partial charge is 0.460 e. The first-order valence-corrected chi connectivity index (χ1v) is 4.78. The van der Waals surface area contributed by atoms with Gasteiger partial charge in [0.25, 0.3) is 0 Å². The first-order chi connectivity index (χ1) is 8.47. The Kier molecular flexibility index (Phi) is 3.08. The van der Waals surface area contributed by atoms with Gasteiger partial charge in [-0.1, -0.05) is 0 Å². The molecule has 0 saturated heterocycles. The standard InChI is InChI=1S/C11H6F5NO/c12-7-6(5-2-1-4(3-17)18-5)8(13)10(15)11(16)9(7)14/h1-2H,3,17H2. The van der Waals surface area contributed by atoms with Crippen LogP contribution in [0.1, 0.15) is 5.76 Å². The van der Waals surface area contributed by atoms with Gasteiger partial charge in [-0.25, -0.2) is 22.0 Å². The van der Waals surface area contributed by atoms with E-state index >= 15 is 0 Å². The average molecular weight is 263 g/mol. The third-order valence-corrected chi connectivity index (χ3v) is 2.32. The maximum atomic E-state index is 13.4. The van der Waals surface area contributed by atoms with Crippen LogP contribution in [0.2, 0.25) is 0 Å². The number of nitrogens with two attached hydrogens (primary N) is 1. The van der Waals surface area contributed by atoms with Crippen LogP contribution in [0.3, 0.4) is 0 Å². The molecule has 1 heterocycles. The van der Waals surface area contributed by atoms with Gasteiger partial charge in [-0.3, -0.25) is 0 Å². The lowest BCUT2D eigenvalue weighted by Gasteiger charge is -2.05. The average Bonchev–Trinajstić information content (AvgIpc) is 2.83. The normalized spacial score (nSPS) is 11.0. The van der Waals surface area contributed by atoms with Crippen LogP contribution in [-0.4, -0.2) is 0 Å². The molecular formula is C11H6F5NO. The van der Waals surface area contributed by atoms with E-state index in [4.69, 9.17) is 10.2 Å². The van der Waals surface area contributed by atoms with E-state index in [0.29, 0.717) is 0 Å². The predicted molar refractivity (Wildman–Crippen MR) is 51.8 cm³/mol. The van der Waals surface area contributed by atoms with E-state index in [0.717, 1.165) is 6.07 Å². The Morgan fingerprint density at radius 2 is 1.33 bits per heavy atom. The Bertz CT molecular complexity index is 579. The van der Waals surface area contributed by atoms with Crippen LogP contribution >= 0.6 is 0 Å². The highest BCUT2D eigenvalue weighted by Gasteiger charge is 2.28. The van der Waals surface area contributed by atoms with Gasteiger partial charge < -0.3 is 10.2 Å². The van der Waals surface area contributed by atoms with E-state index in [9.17, 15) is 22.0 Å². The van der Waals surface area contributed by atoms with Crippen molar-refractivity contribution in [1.29, 1.82) is 0 Å². The number of hydrogen-bond donors (Lipinski definition) is 1. The summed E-state index contributed by atoms with van der Waals surface area (Å²) in [6.45, 7) is -0.0601. The molecule has 18 heavy (non-hydrogen) atoms. The number of hydrogen-bond acceptors (Lipinski definition) is 2. The summed E-state index contributed by atoms with van der Waals surface area (Å²) in [4.78, 5) is 0. The van der Waals surface area contributed by atoms with Gasteiger partial charge in [-0.2, -0.15) is 0 Å². The van der Waals surface area contributed by atoms with Crippen molar-refractivity contribution in [2.75, 3.05) is 0 Å². The van der Waals surface area contributed by atoms with Crippen LogP contribution in [0.4, 0.5) is 22.0 Å². The minimum Gasteiger partial charge on any atom is -0.460 e. The molecule has 1 aromatic heterocycles. The maximum absolute atomic E-state index is 13.4. The molecule has 2 rings (SSSR count). The van der Waals surface area contributed by atoms with Crippen molar-refractivity contribution < 1.29 is 26.4 Å². The second kappa shape index (κ2) is 4.41. The number of furan rings is 1. The van der Waals surface area contributed by atoms with Crippen molar-refractivity contribution in [1.82, 2.24) is 0 Å². The molecule has 1 aromatic carbocycles. The molecule has 0 spiro atoms. The summed E-state index contributed by atoms with van der Waals surface area (Å²) in [6, 6.07) is 2.37. The fourth-order valence-electron chi connectivity index (χ4n) is 1.44. The van der Waals surface area contributed by atoms with E-state index in [2.05, 4.69) is 0 Å². The SMILES string of the molecule is NCc1ccc(-c2c(F)c(F)c(F)c(F)c2F)o1. The molecule has 0 fully saturated rings. The highest BCUT2D eigenvalue weighted by Crippen LogP contribution is 2.32. The molecule has 2 N–H and O–H groups in total. The Hall–Kier alpha value is -1.89. The summed E-state index contributed by atoms with van der Waals surface area (Å²) in [5.74, 6) is -10.4. The van der Waals surface area contributed by atoms with E-state index < -0.39 is 40.4 Å². The van der Waals surface area contributed by atoms with Gasteiger partial charge in [0, 0.05) is 0 Å². The molecule has 96 valence electrons. The van der Waals surface area contributed by atoms with Gasteiger partial charge in [0.2, 0.25) is 5.82 Å². The molecule has 0 aliphatic carbocycles. The summed E-state index contributed by atoms with van der Waals surface area (Å²) in [5.41, 5.74) is 4.11. The Morgan fingerprint density at radius 3 is 1.78 bits per heavy atom. The first-order valence-electron chi connectivity index (χ1n) is 4.78. The first kappa shape index (κ1) is 12.6. The molecule has 0 radical (unpaired) electrons. The molecular weight excluding hydrogens is 257 g/mol. The van der Waals surface area contributed by atoms with Crippen molar-refractivity contribution in [3.63, 3.8) is 0 Å². The quantitative estimate of drug-likeness (QED) is 0.513. The van der Waals surface area contributed by atoms with Gasteiger partial charge >= 0.3 is 0 Å². The van der Waals surface area contributed by atoms with Gasteiger partial charge in [-0.05, 0) is 12.1 Å². The molecule has 2 nitrogen and oxygen atoms in total. The summed E-state index contributed by atoms with van der Waals surface area (Å²) < 4.78 is 70.4. The molecule has 0 unspecified atom stereocenters. The van der Waals surface area contributed by atoms with E-state index in [-0.39, 0.29) is 12.3 Å². The van der Waals surface area contributed by atoms with Crippen LogP contribution in [0, 0.1) is 29.1 Å². The second-order valence-corrected chi connectivity index (χ2v) is 3.41. The molecule has 2 aromatic rings. The van der Waals surface area contributed by atoms with Crippen LogP contribution in [0.5, 0.6) is 0 Å². The second-order valence-electron chi connectivity index (χ2n) is 3.41. The zero-order valence-corrected chi connectivity index (χ0v) is 8.74. The summed E-state index contributed by atoms with van der Waals surface area (Å²) in [5, 5.41) is 0. The zero-order chi connectivity index (χ0) is 13.4. The third kappa shape index (κ3) is 1.76. The van der Waals surface area contributed by atoms with Gasteiger partial charge in [-0.15, -0.1) is 0 Å². The lowest BCUT2D eigenvalue weighted by atomic mass is 10.1. The summed E-state index contributed by atoms with van der Waals surface area (Å²) in [6.07, 6.45) is 0. The predicted octanol–water partition coefficient (Wildman–Crippen LogP) is 3.10. The van der Waals surface area contributed by atoms with Gasteiger partial charge in [0.1, 0.15) is 11.5 Å². The Balaban J connectivity index is 2.71. The van der Waals surface area contributed by atoms with E-state index in [1.165, 1.54) is 6.07 Å². The zero-order valence-electron chi connectivity index (χ0n) is 8.74. The van der Waals surface area contributed by atoms with E-state index in [1.54, 1.807) is 0 Å². The third-order valence-electron chi connectivity index (χ3n) is 2.32. The molecule has 7 heteroatoms. The van der Waals surface area contributed by atoms with E-state index in [1.807, 2.05) is 0 Å². The highest BCUT2D eigenvalue weighted by molar-refractivity contribution is 5.60. The van der Waals surface area contributed by atoms with Crippen molar-refractivity contribution in [2.45, 2.75) is 6.54 Å². The molecule has 0 saturated carbocycles. The molecule has 0 aliphatic heterocycles. The fraction of sp³-hybridized carbons (Fsp3) is 0.0909. The van der Waals surface area contributed by atoms with Gasteiger partial charge in [0.15, 0.2) is 23.3 Å². The lowest BCUT2D eigenvalue weighted by Crippen LogP contribution is -2.03. The molecule has 0 atom stereocenters. The topological polar surface area (TPSA) is 39.2 Å². The molecule has 0 bridgehead atoms. The minimum absolute atomic E-state index is 0.0601. The Labute approximate surface area is 97.8 Å². The van der Waals surface area contributed by atoms with Crippen molar-refractivity contribution in [3.05, 3.63) is 47.0 Å². The van der Waals surface area contributed by atoms with Gasteiger partial charge in [0.05, 0.1) is 12.1 Å². The van der Waals surface area contributed by atoms with Crippen molar-refractivity contribution >= 4 is 0 Å². The lowest BCUT2D eigenvalue weighted by molar-refractivity contribution is 0.378. The molecule has 0 aliphatic rings. The monoisotopic (exact) mass is 263 g/mol. The van der Waals surface area contributed by atoms with Crippen LogP contribution in [0.15, 0.2) is 16.5 Å². The number of benzene rings is 1. The van der Waals surface area contributed by atoms with Crippen LogP contribution in [-0.2, 0) is 6.54 Å². The highest BCUT2D eigenvalue weighted by atomic mass is 19.2. The van der Waals surface area contributed by atoms with Crippen molar-refractivity contribution in [3.8, 4) is 11.3 Å². The van der Waals surface area contributed by atoms with Crippen LogP contribution in [0.25, 0.3) is 11.3 Å². The minimum atomic E-state index is -2.21. The fourth-order valence-corrected chi connectivity index (χ4v) is 1.44. The molecule has 0 amide bonds.